The van der Waals surface area contributed by atoms with Gasteiger partial charge in [0.1, 0.15) is 5.58 Å². The topological polar surface area (TPSA) is 47.3 Å². The molecule has 28 heavy (non-hydrogen) atoms. The molecule has 2 aromatic rings. The van der Waals surface area contributed by atoms with Crippen molar-refractivity contribution >= 4 is 39.6 Å². The van der Waals surface area contributed by atoms with Gasteiger partial charge in [0.25, 0.3) is 0 Å². The molecule has 0 radical (unpaired) electrons. The molecule has 0 aliphatic heterocycles. The van der Waals surface area contributed by atoms with Crippen LogP contribution in [0.3, 0.4) is 0 Å². The highest BCUT2D eigenvalue weighted by molar-refractivity contribution is 8.14. The van der Waals surface area contributed by atoms with Crippen molar-refractivity contribution in [2.75, 3.05) is 11.5 Å². The summed E-state index contributed by atoms with van der Waals surface area (Å²) in [5.41, 5.74) is -0.499. The lowest BCUT2D eigenvalue weighted by molar-refractivity contribution is -0.107. The lowest BCUT2D eigenvalue weighted by Gasteiger charge is -2.15. The van der Waals surface area contributed by atoms with E-state index < -0.39 is 17.4 Å². The molecule has 0 spiro atoms. The molecule has 0 fully saturated rings. The van der Waals surface area contributed by atoms with Crippen LogP contribution < -0.4 is 5.63 Å². The van der Waals surface area contributed by atoms with Crippen molar-refractivity contribution in [1.82, 2.24) is 0 Å². The molecule has 0 unspecified atom stereocenters. The molecule has 152 valence electrons. The Labute approximate surface area is 169 Å². The predicted octanol–water partition coefficient (Wildman–Crippen LogP) is 5.97. The fourth-order valence-corrected chi connectivity index (χ4v) is 4.10. The van der Waals surface area contributed by atoms with Crippen LogP contribution in [0, 0.1) is 12.7 Å². The van der Waals surface area contributed by atoms with Gasteiger partial charge in [-0.3, -0.25) is 4.79 Å². The van der Waals surface area contributed by atoms with Crippen LogP contribution in [-0.2, 0) is 4.79 Å². The maximum atomic E-state index is 13.9. The van der Waals surface area contributed by atoms with Crippen LogP contribution in [0.1, 0.15) is 31.2 Å². The number of rotatable bonds is 10. The first-order chi connectivity index (χ1) is 13.2. The number of halogens is 3. The minimum absolute atomic E-state index is 0.205. The SMILES string of the molecule is C=CC(=O)SCCCC(F)(F)CCCSc1ccc2c(C)c(F)c(=O)oc2c1. The van der Waals surface area contributed by atoms with Crippen LogP contribution in [0.25, 0.3) is 11.0 Å². The first kappa shape index (κ1) is 22.6. The molecule has 0 bridgehead atoms. The van der Waals surface area contributed by atoms with Gasteiger partial charge in [0.05, 0.1) is 0 Å². The van der Waals surface area contributed by atoms with E-state index in [4.69, 9.17) is 4.42 Å². The quantitative estimate of drug-likeness (QED) is 0.201. The Hall–Kier alpha value is -1.67. The molecule has 0 atom stereocenters. The highest BCUT2D eigenvalue weighted by Crippen LogP contribution is 2.30. The van der Waals surface area contributed by atoms with Gasteiger partial charge in [0, 0.05) is 34.4 Å². The summed E-state index contributed by atoms with van der Waals surface area (Å²) in [4.78, 5) is 23.2. The number of carbonyl (C=O) groups excluding carboxylic acids is 1. The number of benzene rings is 1. The standard InChI is InChI=1S/C20H21F3O3S2/c1-3-17(24)28-11-5-9-20(22,23)8-4-10-27-14-6-7-15-13(2)18(21)19(25)26-16(15)12-14/h3,6-7,12H,1,4-5,8-11H2,2H3. The van der Waals surface area contributed by atoms with Gasteiger partial charge in [0.15, 0.2) is 0 Å². The van der Waals surface area contributed by atoms with E-state index in [9.17, 15) is 22.8 Å². The van der Waals surface area contributed by atoms with Crippen molar-refractivity contribution in [3.63, 3.8) is 0 Å². The molecular weight excluding hydrogens is 409 g/mol. The van der Waals surface area contributed by atoms with Crippen LogP contribution in [-0.4, -0.2) is 22.5 Å². The lowest BCUT2D eigenvalue weighted by Crippen LogP contribution is -2.16. The third kappa shape index (κ3) is 6.44. The number of hydrogen-bond donors (Lipinski definition) is 0. The van der Waals surface area contributed by atoms with Gasteiger partial charge in [-0.05, 0) is 49.8 Å². The molecule has 0 amide bonds. The largest absolute Gasteiger partial charge is 0.421 e. The van der Waals surface area contributed by atoms with Gasteiger partial charge in [-0.2, -0.15) is 4.39 Å². The van der Waals surface area contributed by atoms with Gasteiger partial charge in [-0.15, -0.1) is 11.8 Å². The average molecular weight is 431 g/mol. The van der Waals surface area contributed by atoms with Crippen LogP contribution >= 0.6 is 23.5 Å². The second-order valence-corrected chi connectivity index (χ2v) is 8.54. The first-order valence-corrected chi connectivity index (χ1v) is 10.7. The molecular formula is C20H21F3O3S2. The van der Waals surface area contributed by atoms with Crippen molar-refractivity contribution in [3.05, 3.63) is 52.7 Å². The molecule has 1 heterocycles. The molecule has 0 aliphatic carbocycles. The highest BCUT2D eigenvalue weighted by Gasteiger charge is 2.27. The van der Waals surface area contributed by atoms with Crippen LogP contribution in [0.4, 0.5) is 13.2 Å². The van der Waals surface area contributed by atoms with E-state index in [-0.39, 0.29) is 35.5 Å². The summed E-state index contributed by atoms with van der Waals surface area (Å²) < 4.78 is 46.3. The third-order valence-corrected chi connectivity index (χ3v) is 6.15. The molecule has 1 aromatic carbocycles. The first-order valence-electron chi connectivity index (χ1n) is 8.76. The number of alkyl halides is 2. The molecule has 0 saturated heterocycles. The Morgan fingerprint density at radius 1 is 1.25 bits per heavy atom. The number of hydrogen-bond acceptors (Lipinski definition) is 5. The van der Waals surface area contributed by atoms with E-state index in [0.717, 1.165) is 16.7 Å². The van der Waals surface area contributed by atoms with Gasteiger partial charge < -0.3 is 4.42 Å². The van der Waals surface area contributed by atoms with Crippen molar-refractivity contribution in [2.45, 2.75) is 43.4 Å². The van der Waals surface area contributed by atoms with Crippen LogP contribution in [0.15, 0.2) is 45.0 Å². The Morgan fingerprint density at radius 2 is 1.93 bits per heavy atom. The summed E-state index contributed by atoms with van der Waals surface area (Å²) in [5.74, 6) is -2.82. The summed E-state index contributed by atoms with van der Waals surface area (Å²) in [6, 6.07) is 5.04. The minimum atomic E-state index is -2.76. The summed E-state index contributed by atoms with van der Waals surface area (Å²) in [6.45, 7) is 4.84. The van der Waals surface area contributed by atoms with Crippen molar-refractivity contribution < 1.29 is 22.4 Å². The van der Waals surface area contributed by atoms with Gasteiger partial charge in [0.2, 0.25) is 16.9 Å². The monoisotopic (exact) mass is 430 g/mol. The number of fused-ring (bicyclic) bond motifs is 1. The zero-order chi connectivity index (χ0) is 20.7. The smallest absolute Gasteiger partial charge is 0.372 e. The normalized spacial score (nSPS) is 11.7. The van der Waals surface area contributed by atoms with Gasteiger partial charge in [-0.1, -0.05) is 18.3 Å². The van der Waals surface area contributed by atoms with E-state index in [1.165, 1.54) is 24.8 Å². The van der Waals surface area contributed by atoms with Crippen molar-refractivity contribution in [3.8, 4) is 0 Å². The van der Waals surface area contributed by atoms with E-state index in [1.807, 2.05) is 0 Å². The average Bonchev–Trinajstić information content (AvgIpc) is 2.66. The minimum Gasteiger partial charge on any atom is -0.421 e. The summed E-state index contributed by atoms with van der Waals surface area (Å²) in [6.07, 6.45) is 1.29. The fourth-order valence-electron chi connectivity index (χ4n) is 2.61. The van der Waals surface area contributed by atoms with Crippen LogP contribution in [0.2, 0.25) is 0 Å². The third-order valence-electron chi connectivity index (χ3n) is 4.12. The van der Waals surface area contributed by atoms with E-state index in [2.05, 4.69) is 6.58 Å². The maximum absolute atomic E-state index is 13.9. The summed E-state index contributed by atoms with van der Waals surface area (Å²) >= 11 is 2.38. The predicted molar refractivity (Wildman–Crippen MR) is 109 cm³/mol. The van der Waals surface area contributed by atoms with E-state index in [0.29, 0.717) is 23.3 Å². The molecule has 8 heteroatoms. The molecule has 3 nitrogen and oxygen atoms in total. The molecule has 1 aromatic heterocycles. The van der Waals surface area contributed by atoms with E-state index in [1.54, 1.807) is 18.2 Å². The fraction of sp³-hybridized carbons (Fsp3) is 0.400. The van der Waals surface area contributed by atoms with Crippen molar-refractivity contribution in [1.29, 1.82) is 0 Å². The molecule has 0 saturated carbocycles. The number of carbonyl (C=O) groups is 1. The van der Waals surface area contributed by atoms with Gasteiger partial charge in [-0.25, -0.2) is 13.6 Å². The Bertz CT molecular complexity index is 909. The summed E-state index contributed by atoms with van der Waals surface area (Å²) in [5, 5.41) is 0.310. The van der Waals surface area contributed by atoms with Crippen molar-refractivity contribution in [2.24, 2.45) is 0 Å². The van der Waals surface area contributed by atoms with E-state index >= 15 is 0 Å². The Kier molecular flexibility index (Phi) is 8.24. The lowest BCUT2D eigenvalue weighted by atomic mass is 10.1. The van der Waals surface area contributed by atoms with Gasteiger partial charge >= 0.3 is 5.63 Å². The number of aryl methyl sites for hydroxylation is 1. The maximum Gasteiger partial charge on any atom is 0.372 e. The zero-order valence-corrected chi connectivity index (χ0v) is 17.1. The Morgan fingerprint density at radius 3 is 2.61 bits per heavy atom. The molecule has 2 rings (SSSR count). The highest BCUT2D eigenvalue weighted by atomic mass is 32.2. The van der Waals surface area contributed by atoms with Crippen LogP contribution in [0.5, 0.6) is 0 Å². The zero-order valence-electron chi connectivity index (χ0n) is 15.4. The Balaban J connectivity index is 1.81. The second-order valence-electron chi connectivity index (χ2n) is 6.27. The molecule has 0 aliphatic rings. The second kappa shape index (κ2) is 10.2. The molecule has 0 N–H and O–H groups in total. The number of thioether (sulfide) groups is 2. The summed E-state index contributed by atoms with van der Waals surface area (Å²) in [7, 11) is 0.